The summed E-state index contributed by atoms with van der Waals surface area (Å²) >= 11 is 2.42. The largest absolute Gasteiger partial charge is 0.158 e. The van der Waals surface area contributed by atoms with Crippen molar-refractivity contribution >= 4 is 11.8 Å². The van der Waals surface area contributed by atoms with Gasteiger partial charge in [0.2, 0.25) is 0 Å². The Hall–Kier alpha value is 0.350. The molecule has 0 bridgehead atoms. The lowest BCUT2D eigenvalue weighted by Gasteiger charge is -2.39. The summed E-state index contributed by atoms with van der Waals surface area (Å²) in [5.74, 6) is 6.52. The number of thioether (sulfide) groups is 1. The highest BCUT2D eigenvalue weighted by Crippen LogP contribution is 2.49. The molecule has 0 aromatic heterocycles. The summed E-state index contributed by atoms with van der Waals surface area (Å²) in [7, 11) is 0. The van der Waals surface area contributed by atoms with E-state index in [4.69, 9.17) is 0 Å². The first-order chi connectivity index (χ1) is 13.2. The summed E-state index contributed by atoms with van der Waals surface area (Å²) in [5, 5.41) is 0.977. The van der Waals surface area contributed by atoms with Crippen LogP contribution in [0.5, 0.6) is 0 Å². The highest BCUT2D eigenvalue weighted by molar-refractivity contribution is 7.99. The monoisotopic (exact) mass is 394 g/mol. The van der Waals surface area contributed by atoms with Crippen LogP contribution in [-0.2, 0) is 0 Å². The summed E-state index contributed by atoms with van der Waals surface area (Å²) in [5.41, 5.74) is 0. The topological polar surface area (TPSA) is 0 Å². The van der Waals surface area contributed by atoms with Gasteiger partial charge in [0.1, 0.15) is 0 Å². The minimum atomic E-state index is 0.917. The Labute approximate surface area is 176 Å². The zero-order chi connectivity index (χ0) is 19.5. The standard InChI is InChI=1S/C26H50S/c1-5-8-9-10-15-23(20-21(4)7-3)26-25(17-11-12-19-27-26)24-18-13-16-22(24)14-6-2/h21-26H,5-20H2,1-4H3/t21-,22-,23?,24?,25?,26?/m0/s1. The normalized spacial score (nSPS) is 31.6. The van der Waals surface area contributed by atoms with Crippen molar-refractivity contribution in [3.63, 3.8) is 0 Å². The van der Waals surface area contributed by atoms with Crippen molar-refractivity contribution in [1.82, 2.24) is 0 Å². The Balaban J connectivity index is 2.11. The van der Waals surface area contributed by atoms with E-state index in [1.807, 2.05) is 0 Å². The first-order valence-corrected chi connectivity index (χ1v) is 13.9. The van der Waals surface area contributed by atoms with Crippen LogP contribution in [0.15, 0.2) is 0 Å². The maximum atomic E-state index is 2.52. The van der Waals surface area contributed by atoms with Crippen molar-refractivity contribution in [2.75, 3.05) is 5.75 Å². The average molecular weight is 395 g/mol. The fraction of sp³-hybridized carbons (Fsp3) is 1.00. The second-order valence-corrected chi connectivity index (χ2v) is 11.3. The molecule has 6 atom stereocenters. The summed E-state index contributed by atoms with van der Waals surface area (Å²) in [6, 6.07) is 0. The molecule has 1 saturated carbocycles. The van der Waals surface area contributed by atoms with Crippen LogP contribution < -0.4 is 0 Å². The molecule has 1 aliphatic heterocycles. The van der Waals surface area contributed by atoms with Gasteiger partial charge in [0.05, 0.1) is 0 Å². The molecule has 1 heterocycles. The lowest BCUT2D eigenvalue weighted by molar-refractivity contribution is 0.188. The van der Waals surface area contributed by atoms with Crippen molar-refractivity contribution < 1.29 is 0 Å². The predicted molar refractivity (Wildman–Crippen MR) is 126 cm³/mol. The van der Waals surface area contributed by atoms with Gasteiger partial charge >= 0.3 is 0 Å². The fourth-order valence-electron chi connectivity index (χ4n) is 6.22. The molecule has 2 fully saturated rings. The van der Waals surface area contributed by atoms with Gasteiger partial charge in [-0.25, -0.2) is 0 Å². The zero-order valence-electron chi connectivity index (χ0n) is 19.2. The van der Waals surface area contributed by atoms with E-state index in [0.717, 1.165) is 34.8 Å². The zero-order valence-corrected chi connectivity index (χ0v) is 20.0. The Morgan fingerprint density at radius 1 is 0.852 bits per heavy atom. The van der Waals surface area contributed by atoms with Gasteiger partial charge in [-0.2, -0.15) is 11.8 Å². The van der Waals surface area contributed by atoms with Crippen LogP contribution >= 0.6 is 11.8 Å². The third-order valence-electron chi connectivity index (χ3n) is 7.89. The van der Waals surface area contributed by atoms with Crippen molar-refractivity contribution in [1.29, 1.82) is 0 Å². The second-order valence-electron chi connectivity index (χ2n) is 10.00. The van der Waals surface area contributed by atoms with Gasteiger partial charge in [0.25, 0.3) is 0 Å². The highest BCUT2D eigenvalue weighted by atomic mass is 32.2. The lowest BCUT2D eigenvalue weighted by Crippen LogP contribution is -2.34. The van der Waals surface area contributed by atoms with Crippen LogP contribution in [0.25, 0.3) is 0 Å². The summed E-state index contributed by atoms with van der Waals surface area (Å²) in [6.45, 7) is 9.69. The van der Waals surface area contributed by atoms with Gasteiger partial charge in [-0.15, -0.1) is 0 Å². The Bertz CT molecular complexity index is 365. The predicted octanol–water partition coefficient (Wildman–Crippen LogP) is 9.13. The van der Waals surface area contributed by atoms with Crippen molar-refractivity contribution in [2.24, 2.45) is 29.6 Å². The fourth-order valence-corrected chi connectivity index (χ4v) is 7.97. The molecular weight excluding hydrogens is 344 g/mol. The van der Waals surface area contributed by atoms with Gasteiger partial charge in [-0.1, -0.05) is 91.9 Å². The molecule has 2 aliphatic rings. The molecular formula is C26H50S. The van der Waals surface area contributed by atoms with Crippen LogP contribution in [0, 0.1) is 29.6 Å². The number of hydrogen-bond donors (Lipinski definition) is 0. The lowest BCUT2D eigenvalue weighted by atomic mass is 9.72. The molecule has 0 spiro atoms. The van der Waals surface area contributed by atoms with Gasteiger partial charge in [0.15, 0.2) is 0 Å². The van der Waals surface area contributed by atoms with E-state index in [1.165, 1.54) is 82.8 Å². The highest BCUT2D eigenvalue weighted by Gasteiger charge is 2.40. The van der Waals surface area contributed by atoms with Crippen LogP contribution in [0.1, 0.15) is 124 Å². The molecule has 2 rings (SSSR count). The van der Waals surface area contributed by atoms with Crippen LogP contribution in [-0.4, -0.2) is 11.0 Å². The third kappa shape index (κ3) is 7.60. The van der Waals surface area contributed by atoms with Crippen LogP contribution in [0.3, 0.4) is 0 Å². The van der Waals surface area contributed by atoms with Crippen molar-refractivity contribution in [3.05, 3.63) is 0 Å². The molecule has 4 unspecified atom stereocenters. The van der Waals surface area contributed by atoms with E-state index in [9.17, 15) is 0 Å². The summed E-state index contributed by atoms with van der Waals surface area (Å²) < 4.78 is 0. The number of unbranched alkanes of at least 4 members (excludes halogenated alkanes) is 3. The van der Waals surface area contributed by atoms with Crippen molar-refractivity contribution in [2.45, 2.75) is 129 Å². The maximum Gasteiger partial charge on any atom is 0.0106 e. The molecule has 1 heteroatoms. The quantitative estimate of drug-likeness (QED) is 0.297. The van der Waals surface area contributed by atoms with E-state index >= 15 is 0 Å². The van der Waals surface area contributed by atoms with E-state index in [-0.39, 0.29) is 0 Å². The van der Waals surface area contributed by atoms with E-state index < -0.39 is 0 Å². The van der Waals surface area contributed by atoms with E-state index in [2.05, 4.69) is 39.5 Å². The average Bonchev–Trinajstić information content (AvgIpc) is 2.99. The molecule has 0 amide bonds. The molecule has 0 aromatic rings. The minimum absolute atomic E-state index is 0.917. The third-order valence-corrected chi connectivity index (χ3v) is 9.53. The molecule has 0 nitrogen and oxygen atoms in total. The number of rotatable bonds is 12. The van der Waals surface area contributed by atoms with Gasteiger partial charge in [0, 0.05) is 5.25 Å². The Kier molecular flexibility index (Phi) is 11.9. The summed E-state index contributed by atoms with van der Waals surface area (Å²) in [6.07, 6.45) is 22.2. The molecule has 1 aliphatic carbocycles. The van der Waals surface area contributed by atoms with Crippen molar-refractivity contribution in [3.8, 4) is 0 Å². The van der Waals surface area contributed by atoms with Gasteiger partial charge in [-0.05, 0) is 67.4 Å². The molecule has 0 N–H and O–H groups in total. The maximum absolute atomic E-state index is 2.52. The first kappa shape index (κ1) is 23.6. The Morgan fingerprint density at radius 3 is 2.41 bits per heavy atom. The van der Waals surface area contributed by atoms with Gasteiger partial charge in [-0.3, -0.25) is 0 Å². The van der Waals surface area contributed by atoms with Crippen LogP contribution in [0.4, 0.5) is 0 Å². The SMILES string of the molecule is CCCCCCC(C[C@@H](C)CC)C1SCCCCC1C1CCC[C@@H]1CCC. The molecule has 27 heavy (non-hydrogen) atoms. The molecule has 0 aromatic carbocycles. The second kappa shape index (κ2) is 13.6. The van der Waals surface area contributed by atoms with Crippen LogP contribution in [0.2, 0.25) is 0 Å². The first-order valence-electron chi connectivity index (χ1n) is 12.8. The molecule has 1 saturated heterocycles. The number of hydrogen-bond acceptors (Lipinski definition) is 1. The van der Waals surface area contributed by atoms with E-state index in [0.29, 0.717) is 0 Å². The Morgan fingerprint density at radius 2 is 1.67 bits per heavy atom. The summed E-state index contributed by atoms with van der Waals surface area (Å²) in [4.78, 5) is 0. The van der Waals surface area contributed by atoms with E-state index in [1.54, 1.807) is 19.3 Å². The molecule has 0 radical (unpaired) electrons. The smallest absolute Gasteiger partial charge is 0.0106 e. The van der Waals surface area contributed by atoms with Gasteiger partial charge < -0.3 is 0 Å². The minimum Gasteiger partial charge on any atom is -0.158 e. The molecule has 160 valence electrons.